The van der Waals surface area contributed by atoms with Crippen LogP contribution in [0.1, 0.15) is 90.9 Å². The minimum atomic E-state index is -0.929. The van der Waals surface area contributed by atoms with E-state index >= 15 is 0 Å². The van der Waals surface area contributed by atoms with Crippen molar-refractivity contribution >= 4 is 117 Å². The first-order valence-electron chi connectivity index (χ1n) is 41.6. The second-order valence-corrected chi connectivity index (χ2v) is 28.4. The fourth-order valence-corrected chi connectivity index (χ4v) is 10.3. The van der Waals surface area contributed by atoms with Crippen molar-refractivity contribution in [1.82, 2.24) is 0 Å². The molecule has 0 heterocycles. The fraction of sp³-hybridized carbons (Fsp3) is 0.271. The summed E-state index contributed by atoms with van der Waals surface area (Å²) in [5, 5.41) is 0. The van der Waals surface area contributed by atoms with Crippen LogP contribution in [-0.4, -0.2) is 138 Å². The molecule has 0 bridgehead atoms. The minimum absolute atomic E-state index is 0.121. The third-order valence-corrected chi connectivity index (χ3v) is 17.2. The molecule has 2 unspecified atom stereocenters. The van der Waals surface area contributed by atoms with Gasteiger partial charge < -0.3 is 133 Å². The lowest BCUT2D eigenvalue weighted by Crippen LogP contribution is -2.29. The molecule has 0 saturated heterocycles. The summed E-state index contributed by atoms with van der Waals surface area (Å²) in [6.07, 6.45) is 6.22. The molecule has 10 aromatic carbocycles. The van der Waals surface area contributed by atoms with E-state index in [-0.39, 0.29) is 50.9 Å². The molecule has 0 radical (unpaired) electrons. The molecule has 20 N–H and O–H groups in total. The number of anilines is 10. The summed E-state index contributed by atoms with van der Waals surface area (Å²) in [4.78, 5) is 117. The average Bonchev–Trinajstić information content (AvgIpc) is 0.886. The minimum Gasteiger partial charge on any atom is -0.427 e. The van der Waals surface area contributed by atoms with E-state index in [2.05, 4.69) is 0 Å². The summed E-state index contributed by atoms with van der Waals surface area (Å²) in [6.45, 7) is 3.79. The third-order valence-electron chi connectivity index (χ3n) is 17.2. The second-order valence-electron chi connectivity index (χ2n) is 28.4. The molecule has 0 aliphatic rings. The molecule has 0 aromatic heterocycles. The Morgan fingerprint density at radius 2 is 0.371 bits per heavy atom. The van der Waals surface area contributed by atoms with Gasteiger partial charge in [-0.25, -0.2) is 33.6 Å². The summed E-state index contributed by atoms with van der Waals surface area (Å²) >= 11 is 0. The Kier molecular flexibility index (Phi) is 48.2. The van der Waals surface area contributed by atoms with Gasteiger partial charge in [-0.3, -0.25) is 14.4 Å². The van der Waals surface area contributed by atoms with Crippen LogP contribution in [0.4, 0.5) is 56.9 Å². The van der Waals surface area contributed by atoms with Gasteiger partial charge in [0.1, 0.15) is 90.5 Å². The van der Waals surface area contributed by atoms with E-state index in [0.29, 0.717) is 180 Å². The van der Waals surface area contributed by atoms with Crippen LogP contribution in [0.2, 0.25) is 0 Å². The van der Waals surface area contributed by atoms with E-state index in [1.165, 1.54) is 6.92 Å². The van der Waals surface area contributed by atoms with Crippen molar-refractivity contribution in [2.24, 2.45) is 0 Å². The lowest BCUT2D eigenvalue weighted by molar-refractivity contribution is -0.152. The van der Waals surface area contributed by atoms with Gasteiger partial charge in [0.05, 0.1) is 13.2 Å². The lowest BCUT2D eigenvalue weighted by atomic mass is 10.2. The first-order chi connectivity index (χ1) is 63.4. The highest BCUT2D eigenvalue weighted by atomic mass is 16.6. The maximum atomic E-state index is 12.0. The number of rotatable bonds is 45. The highest BCUT2D eigenvalue weighted by Crippen LogP contribution is 2.23. The predicted octanol–water partition coefficient (Wildman–Crippen LogP) is 12.4. The monoisotopic (exact) mass is 1820 g/mol. The molecular formula is C96H112N10O26. The van der Waals surface area contributed by atoms with Crippen LogP contribution in [0, 0.1) is 0 Å². The van der Waals surface area contributed by atoms with Gasteiger partial charge in [0.25, 0.3) is 0 Å². The zero-order valence-corrected chi connectivity index (χ0v) is 73.2. The highest BCUT2D eigenvalue weighted by Gasteiger charge is 2.21. The van der Waals surface area contributed by atoms with E-state index in [9.17, 15) is 47.9 Å². The molecule has 702 valence electrons. The highest BCUT2D eigenvalue weighted by molar-refractivity contribution is 5.80. The van der Waals surface area contributed by atoms with Gasteiger partial charge in [0, 0.05) is 96.0 Å². The Morgan fingerprint density at radius 1 is 0.189 bits per heavy atom. The van der Waals surface area contributed by atoms with Crippen LogP contribution in [0.15, 0.2) is 243 Å². The molecular weight excluding hydrogens is 1710 g/mol. The number of unbranched alkanes of at least 4 members (excludes halogenated alkanes) is 6. The van der Waals surface area contributed by atoms with Crippen LogP contribution in [0.3, 0.4) is 0 Å². The lowest BCUT2D eigenvalue weighted by Gasteiger charge is -2.12. The summed E-state index contributed by atoms with van der Waals surface area (Å²) < 4.78 is 82.7. The van der Waals surface area contributed by atoms with Gasteiger partial charge in [-0.05, 0) is 295 Å². The van der Waals surface area contributed by atoms with Gasteiger partial charge in [0.2, 0.25) is 0 Å². The number of nitrogens with two attached hydrogens (primary N) is 10. The maximum absolute atomic E-state index is 12.0. The summed E-state index contributed by atoms with van der Waals surface area (Å²) in [5.41, 5.74) is 61.5. The Bertz CT molecular complexity index is 4930. The third kappa shape index (κ3) is 48.0. The Hall–Kier alpha value is -15.3. The molecule has 0 aliphatic heterocycles. The number of hydrogen-bond donors (Lipinski definition) is 10. The van der Waals surface area contributed by atoms with E-state index in [4.69, 9.17) is 133 Å². The quantitative estimate of drug-likeness (QED) is 0.00733. The summed E-state index contributed by atoms with van der Waals surface area (Å²) in [7, 11) is 0. The van der Waals surface area contributed by atoms with Gasteiger partial charge in [-0.2, -0.15) is 0 Å². The topological polar surface area (TPSA) is 579 Å². The second kappa shape index (κ2) is 60.4. The zero-order chi connectivity index (χ0) is 95.6. The Balaban J connectivity index is 0.000000255. The molecule has 0 saturated carbocycles. The van der Waals surface area contributed by atoms with E-state index < -0.39 is 54.0 Å². The van der Waals surface area contributed by atoms with E-state index in [0.717, 1.165) is 44.9 Å². The molecule has 36 nitrogen and oxygen atoms in total. The van der Waals surface area contributed by atoms with E-state index in [1.54, 1.807) is 250 Å². The molecule has 0 aliphatic carbocycles. The first-order valence-corrected chi connectivity index (χ1v) is 41.6. The number of hydrogen-bond acceptors (Lipinski definition) is 36. The van der Waals surface area contributed by atoms with Crippen LogP contribution < -0.4 is 105 Å². The maximum Gasteiger partial charge on any atom is 0.340 e. The first kappa shape index (κ1) is 105. The molecule has 2 atom stereocenters. The normalized spacial score (nSPS) is 10.8. The van der Waals surface area contributed by atoms with Gasteiger partial charge in [-0.15, -0.1) is 0 Å². The molecule has 0 fully saturated rings. The molecule has 0 amide bonds. The zero-order valence-electron chi connectivity index (χ0n) is 73.2. The number of benzene rings is 10. The average molecular weight is 1820 g/mol. The van der Waals surface area contributed by atoms with Crippen molar-refractivity contribution in [3.8, 4) is 57.5 Å². The molecule has 0 spiro atoms. The summed E-state index contributed by atoms with van der Waals surface area (Å²) in [5.74, 6) is -0.648. The van der Waals surface area contributed by atoms with Gasteiger partial charge in [0.15, 0.2) is 12.2 Å². The number of esters is 10. The van der Waals surface area contributed by atoms with Gasteiger partial charge in [-0.1, -0.05) is 19.3 Å². The molecule has 36 heteroatoms. The fourth-order valence-electron chi connectivity index (χ4n) is 10.3. The van der Waals surface area contributed by atoms with E-state index in [1.807, 2.05) is 0 Å². The van der Waals surface area contributed by atoms with Crippen molar-refractivity contribution in [2.75, 3.05) is 123 Å². The smallest absolute Gasteiger partial charge is 0.340 e. The van der Waals surface area contributed by atoms with Crippen molar-refractivity contribution < 1.29 is 124 Å². The van der Waals surface area contributed by atoms with Crippen LogP contribution in [-0.2, 0) is 76.4 Å². The number of nitrogen functional groups attached to an aromatic ring is 10. The van der Waals surface area contributed by atoms with Crippen molar-refractivity contribution in [1.29, 1.82) is 0 Å². The SMILES string of the molecule is CC(OCC(=O)Oc1ccc(N)cc1)C(=O)Oc1ccc(N)cc1.CC(OCCCCCC(=O)Oc1ccc(N)cc1)C(=O)Oc1ccc(N)cc1.Nc1ccc(OC(=O)CCCCCOCC(=O)Oc2ccc(N)cc2)cc1.Nc1ccc(OC(=O)CCCCCOCCOCC(=O)Oc2ccc(N)cc2)cc1.Nc1ccc(OC(=O)COCC(=O)Oc2ccc(N)cc2)cc1. The van der Waals surface area contributed by atoms with Crippen LogP contribution in [0.5, 0.6) is 57.5 Å². The molecule has 10 rings (SSSR count). The standard InChI is InChI=1S/C22H28N2O6.C21H26N2O5.C20H24N2O5.C17H18N2O5.C16H16N2O5/c23-17-5-9-19(10-6-17)29-21(25)4-2-1-3-13-27-14-15-28-16-22(26)30-20-11-7-18(24)8-12-20;1-15(21(25)28-19-12-8-17(23)9-13-19)26-14-4-2-3-5-20(24)27-18-10-6-16(22)7-11-18;21-15-5-9-17(10-6-15)26-19(23)4-2-1-3-13-25-14-20(24)27-18-11-7-16(22)8-12-18;1-11(17(21)24-15-8-4-13(19)5-9-15)22-10-16(20)23-14-6-2-12(18)3-7-14;17-11-1-5-13(6-2-11)22-15(19)9-21-10-16(20)23-14-7-3-12(18)4-8-14/h5-12H,1-4,13-16,23-24H2;6-13,15H,2-5,14,22-23H2,1H3;5-12H,1-4,13-14,21-22H2;2-9,11H,10,18-19H2,1H3;1-8H,9-10,17-18H2. The number of carbonyl (C=O) groups excluding carboxylic acids is 10. The van der Waals surface area contributed by atoms with Crippen molar-refractivity contribution in [2.45, 2.75) is 103 Å². The van der Waals surface area contributed by atoms with Crippen LogP contribution in [0.25, 0.3) is 0 Å². The number of carbonyl (C=O) groups is 10. The Labute approximate surface area is 763 Å². The van der Waals surface area contributed by atoms with Crippen molar-refractivity contribution in [3.63, 3.8) is 0 Å². The summed E-state index contributed by atoms with van der Waals surface area (Å²) in [6, 6.07) is 65.1. The molecule has 10 aromatic rings. The Morgan fingerprint density at radius 3 is 0.621 bits per heavy atom. The largest absolute Gasteiger partial charge is 0.427 e. The molecule has 132 heavy (non-hydrogen) atoms. The predicted molar refractivity (Wildman–Crippen MR) is 494 cm³/mol. The van der Waals surface area contributed by atoms with Crippen LogP contribution >= 0.6 is 0 Å². The van der Waals surface area contributed by atoms with Gasteiger partial charge >= 0.3 is 59.7 Å². The number of ether oxygens (including phenoxy) is 16. The van der Waals surface area contributed by atoms with Crippen molar-refractivity contribution in [3.05, 3.63) is 243 Å².